The van der Waals surface area contributed by atoms with Crippen LogP contribution < -0.4 is 10.1 Å². The van der Waals surface area contributed by atoms with Crippen LogP contribution in [0.3, 0.4) is 0 Å². The van der Waals surface area contributed by atoms with E-state index in [1.165, 1.54) is 23.1 Å². The van der Waals surface area contributed by atoms with Crippen molar-refractivity contribution in [3.63, 3.8) is 0 Å². The molecule has 1 amide bonds. The lowest BCUT2D eigenvalue weighted by Crippen LogP contribution is -2.16. The smallest absolute Gasteiger partial charge is 0.262 e. The maximum absolute atomic E-state index is 13.0. The van der Waals surface area contributed by atoms with E-state index >= 15 is 0 Å². The van der Waals surface area contributed by atoms with Crippen molar-refractivity contribution in [1.82, 2.24) is 15.0 Å². The Kier molecular flexibility index (Phi) is 5.79. The number of aryl methyl sites for hydroxylation is 1. The minimum Gasteiger partial charge on any atom is -0.494 e. The van der Waals surface area contributed by atoms with Crippen LogP contribution in [0.25, 0.3) is 20.9 Å². The molecule has 0 spiro atoms. The highest BCUT2D eigenvalue weighted by atomic mass is 32.2. The van der Waals surface area contributed by atoms with E-state index < -0.39 is 0 Å². The summed E-state index contributed by atoms with van der Waals surface area (Å²) in [5.74, 6) is 1.18. The van der Waals surface area contributed by atoms with Crippen molar-refractivity contribution in [2.75, 3.05) is 18.2 Å². The quantitative estimate of drug-likeness (QED) is 0.314. The number of carbonyl (C=O) groups excluding carboxylic acids is 1. The molecule has 3 heterocycles. The van der Waals surface area contributed by atoms with E-state index in [4.69, 9.17) is 4.74 Å². The molecule has 0 aliphatic rings. The summed E-state index contributed by atoms with van der Waals surface area (Å²) < 4.78 is 6.49. The molecule has 0 aliphatic heterocycles. The molecule has 148 valence electrons. The van der Waals surface area contributed by atoms with Crippen LogP contribution in [0.4, 0.5) is 5.13 Å². The molecule has 0 radical (unpaired) electrons. The van der Waals surface area contributed by atoms with Crippen LogP contribution in [0.2, 0.25) is 0 Å². The third kappa shape index (κ3) is 4.12. The second kappa shape index (κ2) is 8.48. The first kappa shape index (κ1) is 19.8. The van der Waals surface area contributed by atoms with E-state index in [0.29, 0.717) is 33.8 Å². The predicted octanol–water partition coefficient (Wildman–Crippen LogP) is 5.50. The zero-order valence-electron chi connectivity index (χ0n) is 16.1. The summed E-state index contributed by atoms with van der Waals surface area (Å²) >= 11 is 4.42. The lowest BCUT2D eigenvalue weighted by atomic mass is 10.2. The molecule has 6 nitrogen and oxygen atoms in total. The number of benzene rings is 1. The van der Waals surface area contributed by atoms with E-state index in [2.05, 4.69) is 20.3 Å². The second-order valence-corrected chi connectivity index (χ2v) is 8.80. The van der Waals surface area contributed by atoms with Gasteiger partial charge in [-0.1, -0.05) is 17.4 Å². The van der Waals surface area contributed by atoms with Gasteiger partial charge in [-0.3, -0.25) is 10.1 Å². The predicted molar refractivity (Wildman–Crippen MR) is 121 cm³/mol. The van der Waals surface area contributed by atoms with Gasteiger partial charge in [-0.2, -0.15) is 0 Å². The van der Waals surface area contributed by atoms with E-state index in [1.54, 1.807) is 11.3 Å². The Bertz CT molecular complexity index is 1170. The Hall–Kier alpha value is -2.49. The Morgan fingerprint density at radius 1 is 1.24 bits per heavy atom. The standard InChI is InChI=1S/C20H18N4O2S3/c1-4-26-12-7-8-13-15(10-12)29-20(22-13)24-18(25)16-11(2)21-17(23-19(16)27-3)14-6-5-9-28-14/h5-10H,4H2,1-3H3,(H,22,24,25). The molecule has 9 heteroatoms. The Morgan fingerprint density at radius 3 is 2.83 bits per heavy atom. The van der Waals surface area contributed by atoms with Gasteiger partial charge in [-0.15, -0.1) is 23.1 Å². The summed E-state index contributed by atoms with van der Waals surface area (Å²) in [5, 5.41) is 6.08. The number of aromatic nitrogens is 3. The molecule has 4 aromatic rings. The molecule has 4 rings (SSSR count). The highest BCUT2D eigenvalue weighted by Crippen LogP contribution is 2.31. The van der Waals surface area contributed by atoms with Gasteiger partial charge >= 0.3 is 0 Å². The fourth-order valence-corrected chi connectivity index (χ4v) is 5.02. The maximum atomic E-state index is 13.0. The van der Waals surface area contributed by atoms with Crippen molar-refractivity contribution in [3.8, 4) is 16.5 Å². The van der Waals surface area contributed by atoms with Crippen LogP contribution in [-0.4, -0.2) is 33.7 Å². The van der Waals surface area contributed by atoms with Crippen molar-refractivity contribution in [3.05, 3.63) is 47.0 Å². The number of nitrogens with one attached hydrogen (secondary N) is 1. The molecule has 0 atom stereocenters. The first-order valence-electron chi connectivity index (χ1n) is 8.90. The fourth-order valence-electron chi connectivity index (χ4n) is 2.85. The van der Waals surface area contributed by atoms with E-state index in [0.717, 1.165) is 20.8 Å². The summed E-state index contributed by atoms with van der Waals surface area (Å²) in [6, 6.07) is 9.64. The topological polar surface area (TPSA) is 77.0 Å². The largest absolute Gasteiger partial charge is 0.494 e. The third-order valence-electron chi connectivity index (χ3n) is 4.11. The maximum Gasteiger partial charge on any atom is 0.262 e. The summed E-state index contributed by atoms with van der Waals surface area (Å²) in [6.45, 7) is 4.38. The number of carbonyl (C=O) groups is 1. The van der Waals surface area contributed by atoms with E-state index in [1.807, 2.05) is 55.8 Å². The first-order valence-corrected chi connectivity index (χ1v) is 11.8. The average molecular weight is 443 g/mol. The van der Waals surface area contributed by atoms with Crippen LogP contribution >= 0.6 is 34.4 Å². The molecule has 1 N–H and O–H groups in total. The van der Waals surface area contributed by atoms with Gasteiger partial charge in [0.1, 0.15) is 10.8 Å². The molecule has 3 aromatic heterocycles. The molecule has 1 aromatic carbocycles. The number of hydrogen-bond acceptors (Lipinski definition) is 8. The first-order chi connectivity index (χ1) is 14.1. The van der Waals surface area contributed by atoms with Crippen LogP contribution in [0.15, 0.2) is 40.7 Å². The van der Waals surface area contributed by atoms with Crippen molar-refractivity contribution < 1.29 is 9.53 Å². The number of hydrogen-bond donors (Lipinski definition) is 1. The number of fused-ring (bicyclic) bond motifs is 1. The monoisotopic (exact) mass is 442 g/mol. The number of nitrogens with zero attached hydrogens (tertiary/aromatic N) is 3. The Balaban J connectivity index is 1.63. The number of thiazole rings is 1. The van der Waals surface area contributed by atoms with Crippen LogP contribution in [0.1, 0.15) is 23.0 Å². The van der Waals surface area contributed by atoms with Gasteiger partial charge in [0, 0.05) is 0 Å². The van der Waals surface area contributed by atoms with Gasteiger partial charge in [0.05, 0.1) is 33.0 Å². The van der Waals surface area contributed by atoms with Crippen molar-refractivity contribution >= 4 is 55.7 Å². The number of rotatable bonds is 6. The van der Waals surface area contributed by atoms with Crippen molar-refractivity contribution in [1.29, 1.82) is 0 Å². The summed E-state index contributed by atoms with van der Waals surface area (Å²) in [5.41, 5.74) is 1.94. The zero-order valence-corrected chi connectivity index (χ0v) is 18.5. The second-order valence-electron chi connectivity index (χ2n) is 6.03. The molecule has 0 fully saturated rings. The van der Waals surface area contributed by atoms with Gasteiger partial charge in [-0.25, -0.2) is 15.0 Å². The zero-order chi connectivity index (χ0) is 20.4. The lowest BCUT2D eigenvalue weighted by molar-refractivity contribution is 0.102. The van der Waals surface area contributed by atoms with E-state index in [9.17, 15) is 4.79 Å². The number of amides is 1. The normalized spacial score (nSPS) is 11.0. The third-order valence-corrected chi connectivity index (χ3v) is 6.59. The van der Waals surface area contributed by atoms with Crippen LogP contribution in [-0.2, 0) is 0 Å². The van der Waals surface area contributed by atoms with Crippen molar-refractivity contribution in [2.45, 2.75) is 18.9 Å². The molecule has 0 unspecified atom stereocenters. The van der Waals surface area contributed by atoms with Crippen molar-refractivity contribution in [2.24, 2.45) is 0 Å². The Morgan fingerprint density at radius 2 is 2.10 bits per heavy atom. The molecular weight excluding hydrogens is 424 g/mol. The molecular formula is C20H18N4O2S3. The number of ether oxygens (including phenoxy) is 1. The average Bonchev–Trinajstić information content (AvgIpc) is 3.36. The minimum atomic E-state index is -0.256. The molecule has 0 saturated heterocycles. The van der Waals surface area contributed by atoms with Gasteiger partial charge < -0.3 is 4.74 Å². The number of thioether (sulfide) groups is 1. The fraction of sp³-hybridized carbons (Fsp3) is 0.200. The van der Waals surface area contributed by atoms with Gasteiger partial charge in [-0.05, 0) is 49.7 Å². The molecule has 29 heavy (non-hydrogen) atoms. The van der Waals surface area contributed by atoms with Gasteiger partial charge in [0.2, 0.25) is 0 Å². The number of thiophene rings is 1. The lowest BCUT2D eigenvalue weighted by Gasteiger charge is -2.10. The van der Waals surface area contributed by atoms with Gasteiger partial charge in [0.25, 0.3) is 5.91 Å². The number of anilines is 1. The highest BCUT2D eigenvalue weighted by molar-refractivity contribution is 7.98. The summed E-state index contributed by atoms with van der Waals surface area (Å²) in [6.07, 6.45) is 1.91. The van der Waals surface area contributed by atoms with Gasteiger partial charge in [0.15, 0.2) is 11.0 Å². The van der Waals surface area contributed by atoms with Crippen LogP contribution in [0, 0.1) is 6.92 Å². The van der Waals surface area contributed by atoms with E-state index in [-0.39, 0.29) is 5.91 Å². The van der Waals surface area contributed by atoms with Crippen LogP contribution in [0.5, 0.6) is 5.75 Å². The molecule has 0 bridgehead atoms. The highest BCUT2D eigenvalue weighted by Gasteiger charge is 2.20. The molecule has 0 aliphatic carbocycles. The SMILES string of the molecule is CCOc1ccc2nc(NC(=O)c3c(C)nc(-c4cccs4)nc3SC)sc2c1. The molecule has 0 saturated carbocycles. The Labute approximate surface area is 180 Å². The summed E-state index contributed by atoms with van der Waals surface area (Å²) in [7, 11) is 0. The minimum absolute atomic E-state index is 0.256. The summed E-state index contributed by atoms with van der Waals surface area (Å²) in [4.78, 5) is 27.6.